The lowest BCUT2D eigenvalue weighted by molar-refractivity contribution is 0.0778. The van der Waals surface area contributed by atoms with Crippen LogP contribution < -0.4 is 5.73 Å². The molecular weight excluding hydrogens is 302 g/mol. The number of nitrogens with two attached hydrogens (primary N) is 1. The Morgan fingerprint density at radius 2 is 1.96 bits per heavy atom. The Hall–Kier alpha value is -1.08. The van der Waals surface area contributed by atoms with E-state index in [0.717, 1.165) is 25.3 Å². The number of fused-ring (bicyclic) bond motifs is 3. The van der Waals surface area contributed by atoms with Crippen LogP contribution in [0.25, 0.3) is 0 Å². The summed E-state index contributed by atoms with van der Waals surface area (Å²) in [6, 6.07) is 7.35. The van der Waals surface area contributed by atoms with Crippen molar-refractivity contribution in [3.8, 4) is 0 Å². The predicted octanol–water partition coefficient (Wildman–Crippen LogP) is 6.12. The molecule has 0 heterocycles. The molecule has 138 valence electrons. The van der Waals surface area contributed by atoms with E-state index in [1.54, 1.807) is 16.7 Å². The molecule has 0 aliphatic heterocycles. The second-order valence-corrected chi connectivity index (χ2v) is 9.51. The first-order valence-corrected chi connectivity index (χ1v) is 10.3. The van der Waals surface area contributed by atoms with Gasteiger partial charge >= 0.3 is 0 Å². The van der Waals surface area contributed by atoms with E-state index < -0.39 is 0 Å². The number of aryl methyl sites for hydroxylation is 1. The van der Waals surface area contributed by atoms with Crippen LogP contribution in [0.15, 0.2) is 29.8 Å². The summed E-state index contributed by atoms with van der Waals surface area (Å²) in [5.41, 5.74) is 12.8. The largest absolute Gasteiger partial charge is 0.330 e. The second-order valence-electron chi connectivity index (χ2n) is 9.51. The van der Waals surface area contributed by atoms with Crippen molar-refractivity contribution in [3.63, 3.8) is 0 Å². The van der Waals surface area contributed by atoms with Crippen molar-refractivity contribution in [1.82, 2.24) is 0 Å². The first kappa shape index (κ1) is 18.7. The molecule has 0 bridgehead atoms. The maximum absolute atomic E-state index is 5.74. The van der Waals surface area contributed by atoms with Gasteiger partial charge in [0.05, 0.1) is 0 Å². The van der Waals surface area contributed by atoms with Crippen LogP contribution in [0.3, 0.4) is 0 Å². The quantitative estimate of drug-likeness (QED) is 0.519. The van der Waals surface area contributed by atoms with Gasteiger partial charge in [0.25, 0.3) is 0 Å². The van der Waals surface area contributed by atoms with Crippen molar-refractivity contribution < 1.29 is 0 Å². The van der Waals surface area contributed by atoms with Crippen LogP contribution in [0, 0.1) is 11.3 Å². The molecule has 2 aliphatic carbocycles. The van der Waals surface area contributed by atoms with E-state index in [2.05, 4.69) is 58.9 Å². The third-order valence-electron chi connectivity index (χ3n) is 7.20. The molecule has 1 aromatic carbocycles. The van der Waals surface area contributed by atoms with Crippen LogP contribution in [-0.4, -0.2) is 6.54 Å². The molecule has 2 N–H and O–H groups in total. The standard InChI is InChI=1S/C24H37N/c1-17(2)18-9-11-21-19(16-18)10-12-22-23(3,4)14-13-20(24(21,22)5)8-6-7-15-25/h8-9,11,16-17,22H,6-7,10,12-15,25H2,1-5H3/t22?,24-/m1/s1. The Bertz CT molecular complexity index is 652. The van der Waals surface area contributed by atoms with Crippen molar-refractivity contribution in [1.29, 1.82) is 0 Å². The summed E-state index contributed by atoms with van der Waals surface area (Å²) in [6.45, 7) is 12.9. The van der Waals surface area contributed by atoms with Crippen LogP contribution in [-0.2, 0) is 11.8 Å². The molecule has 2 atom stereocenters. The lowest BCUT2D eigenvalue weighted by Crippen LogP contribution is -2.49. The Morgan fingerprint density at radius 3 is 2.64 bits per heavy atom. The minimum absolute atomic E-state index is 0.208. The highest BCUT2D eigenvalue weighted by Crippen LogP contribution is 2.59. The van der Waals surface area contributed by atoms with Crippen molar-refractivity contribution >= 4 is 0 Å². The maximum atomic E-state index is 5.74. The van der Waals surface area contributed by atoms with E-state index in [4.69, 9.17) is 5.73 Å². The smallest absolute Gasteiger partial charge is 0.0169 e. The zero-order valence-electron chi connectivity index (χ0n) is 17.0. The highest BCUT2D eigenvalue weighted by atomic mass is 14.6. The average molecular weight is 340 g/mol. The van der Waals surface area contributed by atoms with Gasteiger partial charge in [0.2, 0.25) is 0 Å². The second kappa shape index (κ2) is 6.91. The summed E-state index contributed by atoms with van der Waals surface area (Å²) in [4.78, 5) is 0. The topological polar surface area (TPSA) is 26.0 Å². The number of allylic oxidation sites excluding steroid dienone is 2. The Balaban J connectivity index is 2.09. The van der Waals surface area contributed by atoms with Gasteiger partial charge in [0.15, 0.2) is 0 Å². The molecule has 1 fully saturated rings. The number of benzene rings is 1. The fourth-order valence-electron chi connectivity index (χ4n) is 5.63. The molecule has 1 aromatic rings. The van der Waals surface area contributed by atoms with Crippen molar-refractivity contribution in [2.75, 3.05) is 6.54 Å². The summed E-state index contributed by atoms with van der Waals surface area (Å²) in [5.74, 6) is 1.36. The molecule has 0 radical (unpaired) electrons. The van der Waals surface area contributed by atoms with Crippen LogP contribution in [0.1, 0.15) is 89.3 Å². The molecule has 0 saturated heterocycles. The van der Waals surface area contributed by atoms with Crippen molar-refractivity contribution in [2.24, 2.45) is 17.1 Å². The van der Waals surface area contributed by atoms with Gasteiger partial charge in [-0.3, -0.25) is 0 Å². The van der Waals surface area contributed by atoms with Gasteiger partial charge in [-0.25, -0.2) is 0 Å². The van der Waals surface area contributed by atoms with E-state index in [9.17, 15) is 0 Å². The summed E-state index contributed by atoms with van der Waals surface area (Å²) in [7, 11) is 0. The Morgan fingerprint density at radius 1 is 1.20 bits per heavy atom. The molecule has 1 saturated carbocycles. The van der Waals surface area contributed by atoms with Gasteiger partial charge < -0.3 is 5.73 Å². The number of hydrogen-bond donors (Lipinski definition) is 1. The highest BCUT2D eigenvalue weighted by molar-refractivity contribution is 5.48. The molecule has 0 aromatic heterocycles. The SMILES string of the molecule is CC(C)c1ccc2c(c1)CCC1C(C)(C)CCC(=CCCCN)[C@]21C. The Kier molecular flexibility index (Phi) is 5.17. The lowest BCUT2D eigenvalue weighted by atomic mass is 9.48. The molecule has 3 rings (SSSR count). The highest BCUT2D eigenvalue weighted by Gasteiger charge is 2.51. The van der Waals surface area contributed by atoms with Crippen molar-refractivity contribution in [3.05, 3.63) is 46.5 Å². The zero-order valence-corrected chi connectivity index (χ0v) is 17.0. The molecule has 0 spiro atoms. The van der Waals surface area contributed by atoms with Crippen LogP contribution in [0.5, 0.6) is 0 Å². The summed E-state index contributed by atoms with van der Waals surface area (Å²) in [6.07, 6.45) is 9.92. The van der Waals surface area contributed by atoms with Gasteiger partial charge in [-0.05, 0) is 79.0 Å². The molecule has 1 nitrogen and oxygen atoms in total. The Labute approximate surface area is 155 Å². The molecule has 25 heavy (non-hydrogen) atoms. The summed E-state index contributed by atoms with van der Waals surface area (Å²) in [5, 5.41) is 0. The van der Waals surface area contributed by atoms with Crippen LogP contribution >= 0.6 is 0 Å². The minimum atomic E-state index is 0.208. The fourth-order valence-corrected chi connectivity index (χ4v) is 5.63. The predicted molar refractivity (Wildman–Crippen MR) is 109 cm³/mol. The molecule has 1 unspecified atom stereocenters. The first-order valence-electron chi connectivity index (χ1n) is 10.3. The molecule has 2 aliphatic rings. The number of unbranched alkanes of at least 4 members (excludes halogenated alkanes) is 1. The first-order chi connectivity index (χ1) is 11.8. The van der Waals surface area contributed by atoms with Gasteiger partial charge in [-0.15, -0.1) is 0 Å². The van der Waals surface area contributed by atoms with Gasteiger partial charge in [0.1, 0.15) is 0 Å². The fraction of sp³-hybridized carbons (Fsp3) is 0.667. The van der Waals surface area contributed by atoms with Crippen molar-refractivity contribution in [2.45, 2.75) is 84.5 Å². The van der Waals surface area contributed by atoms with E-state index in [-0.39, 0.29) is 5.41 Å². The lowest BCUT2D eigenvalue weighted by Gasteiger charge is -2.56. The number of rotatable bonds is 4. The summed E-state index contributed by atoms with van der Waals surface area (Å²) < 4.78 is 0. The zero-order chi connectivity index (χ0) is 18.2. The molecular formula is C24H37N. The van der Waals surface area contributed by atoms with Gasteiger partial charge in [0, 0.05) is 5.41 Å². The third kappa shape index (κ3) is 3.21. The average Bonchev–Trinajstić information content (AvgIpc) is 2.56. The van der Waals surface area contributed by atoms with E-state index in [0.29, 0.717) is 11.3 Å². The monoisotopic (exact) mass is 339 g/mol. The number of hydrogen-bond acceptors (Lipinski definition) is 1. The van der Waals surface area contributed by atoms with Gasteiger partial charge in [-0.1, -0.05) is 64.5 Å². The van der Waals surface area contributed by atoms with E-state index in [1.807, 2.05) is 0 Å². The van der Waals surface area contributed by atoms with Crippen LogP contribution in [0.4, 0.5) is 0 Å². The minimum Gasteiger partial charge on any atom is -0.330 e. The van der Waals surface area contributed by atoms with Gasteiger partial charge in [-0.2, -0.15) is 0 Å². The van der Waals surface area contributed by atoms with E-state index in [1.165, 1.54) is 31.2 Å². The molecule has 1 heteroatoms. The third-order valence-corrected chi connectivity index (χ3v) is 7.20. The molecule has 0 amide bonds. The van der Waals surface area contributed by atoms with E-state index >= 15 is 0 Å². The van der Waals surface area contributed by atoms with Crippen LogP contribution in [0.2, 0.25) is 0 Å². The normalized spacial score (nSPS) is 29.6. The summed E-state index contributed by atoms with van der Waals surface area (Å²) >= 11 is 0. The maximum Gasteiger partial charge on any atom is 0.0169 e.